The van der Waals surface area contributed by atoms with E-state index in [9.17, 15) is 19.3 Å². The summed E-state index contributed by atoms with van der Waals surface area (Å²) < 4.78 is 19.5. The Hall–Kier alpha value is -3.72. The summed E-state index contributed by atoms with van der Waals surface area (Å²) in [6.45, 7) is 7.54. The van der Waals surface area contributed by atoms with Gasteiger partial charge in [0.25, 0.3) is 11.6 Å². The minimum atomic E-state index is -0.417. The molecule has 1 aromatic heterocycles. The molecule has 1 aliphatic rings. The number of carbonyl (C=O) groups excluding carboxylic acids is 1. The van der Waals surface area contributed by atoms with E-state index in [-0.39, 0.29) is 23.5 Å². The average Bonchev–Trinajstić information content (AvgIpc) is 3.32. The summed E-state index contributed by atoms with van der Waals surface area (Å²) in [5.41, 5.74) is 1.84. The van der Waals surface area contributed by atoms with Crippen molar-refractivity contribution in [2.75, 3.05) is 31.1 Å². The van der Waals surface area contributed by atoms with Crippen molar-refractivity contribution in [2.24, 2.45) is 0 Å². The molecule has 1 saturated heterocycles. The molecule has 184 valence electrons. The number of furan rings is 1. The van der Waals surface area contributed by atoms with Gasteiger partial charge in [0.05, 0.1) is 11.5 Å². The Balaban J connectivity index is 1.34. The molecule has 3 aromatic rings. The summed E-state index contributed by atoms with van der Waals surface area (Å²) in [6, 6.07) is 16.7. The van der Waals surface area contributed by atoms with Crippen molar-refractivity contribution in [1.29, 1.82) is 0 Å². The number of halogens is 1. The zero-order valence-corrected chi connectivity index (χ0v) is 19.9. The lowest BCUT2D eigenvalue weighted by Gasteiger charge is -2.35. The summed E-state index contributed by atoms with van der Waals surface area (Å²) in [4.78, 5) is 29.5. The Labute approximate surface area is 203 Å². The molecule has 0 spiro atoms. The van der Waals surface area contributed by atoms with Crippen LogP contribution in [0.2, 0.25) is 0 Å². The topological polar surface area (TPSA) is 83.1 Å². The molecule has 1 aliphatic heterocycles. The Morgan fingerprint density at radius 3 is 2.40 bits per heavy atom. The predicted molar refractivity (Wildman–Crippen MR) is 131 cm³/mol. The number of nitro groups is 1. The van der Waals surface area contributed by atoms with Crippen LogP contribution >= 0.6 is 0 Å². The fourth-order valence-electron chi connectivity index (χ4n) is 4.18. The molecule has 35 heavy (non-hydrogen) atoms. The molecule has 9 heteroatoms. The van der Waals surface area contributed by atoms with Crippen molar-refractivity contribution in [2.45, 2.75) is 33.0 Å². The quantitative estimate of drug-likeness (QED) is 0.343. The lowest BCUT2D eigenvalue weighted by molar-refractivity contribution is -0.384. The van der Waals surface area contributed by atoms with E-state index in [4.69, 9.17) is 4.42 Å². The number of anilines is 1. The van der Waals surface area contributed by atoms with E-state index in [0.29, 0.717) is 50.8 Å². The molecular weight excluding hydrogens is 451 g/mol. The summed E-state index contributed by atoms with van der Waals surface area (Å²) in [6.07, 6.45) is 0. The molecule has 1 amide bonds. The standard InChI is InChI=1S/C26H29FN4O4/c1-19(2)30(17-20-4-3-5-21(27)16-20)18-24-10-11-25(35-24)26(32)29-14-12-28(13-15-29)22-6-8-23(9-7-22)31(33)34/h3-11,16,19H,12-15,17-18H2,1-2H3. The van der Waals surface area contributed by atoms with Gasteiger partial charge in [-0.1, -0.05) is 12.1 Å². The smallest absolute Gasteiger partial charge is 0.289 e. The minimum absolute atomic E-state index is 0.0585. The third-order valence-corrected chi connectivity index (χ3v) is 6.23. The summed E-state index contributed by atoms with van der Waals surface area (Å²) in [7, 11) is 0. The highest BCUT2D eigenvalue weighted by Gasteiger charge is 2.25. The fraction of sp³-hybridized carbons (Fsp3) is 0.346. The highest BCUT2D eigenvalue weighted by atomic mass is 19.1. The molecule has 4 rings (SSSR count). The number of nitro benzene ring substituents is 1. The van der Waals surface area contributed by atoms with Crippen molar-refractivity contribution < 1.29 is 18.5 Å². The van der Waals surface area contributed by atoms with E-state index in [2.05, 4.69) is 23.6 Å². The summed E-state index contributed by atoms with van der Waals surface area (Å²) >= 11 is 0. The molecule has 0 N–H and O–H groups in total. The van der Waals surface area contributed by atoms with E-state index >= 15 is 0 Å². The second-order valence-electron chi connectivity index (χ2n) is 8.95. The molecule has 0 aliphatic carbocycles. The fourth-order valence-corrected chi connectivity index (χ4v) is 4.18. The first-order chi connectivity index (χ1) is 16.8. The van der Waals surface area contributed by atoms with Gasteiger partial charge in [-0.2, -0.15) is 0 Å². The molecule has 2 heterocycles. The molecular formula is C26H29FN4O4. The van der Waals surface area contributed by atoms with Crippen LogP contribution in [0, 0.1) is 15.9 Å². The van der Waals surface area contributed by atoms with Crippen LogP contribution in [0.4, 0.5) is 15.8 Å². The van der Waals surface area contributed by atoms with Crippen molar-refractivity contribution in [3.63, 3.8) is 0 Å². The number of nitrogens with zero attached hydrogens (tertiary/aromatic N) is 4. The van der Waals surface area contributed by atoms with E-state index in [0.717, 1.165) is 11.3 Å². The lowest BCUT2D eigenvalue weighted by Crippen LogP contribution is -2.48. The molecule has 0 unspecified atom stereocenters. The Morgan fingerprint density at radius 2 is 1.77 bits per heavy atom. The number of hydrogen-bond donors (Lipinski definition) is 0. The Kier molecular flexibility index (Phi) is 7.45. The van der Waals surface area contributed by atoms with Crippen LogP contribution in [0.1, 0.15) is 35.7 Å². The Bertz CT molecular complexity index is 1170. The number of piperazine rings is 1. The molecule has 0 saturated carbocycles. The molecule has 0 radical (unpaired) electrons. The number of carbonyl (C=O) groups is 1. The molecule has 8 nitrogen and oxygen atoms in total. The summed E-state index contributed by atoms with van der Waals surface area (Å²) in [5, 5.41) is 10.9. The highest BCUT2D eigenvalue weighted by Crippen LogP contribution is 2.22. The van der Waals surface area contributed by atoms with Crippen LogP contribution in [-0.2, 0) is 13.1 Å². The second-order valence-corrected chi connectivity index (χ2v) is 8.95. The van der Waals surface area contributed by atoms with Crippen LogP contribution in [-0.4, -0.2) is 52.9 Å². The van der Waals surface area contributed by atoms with E-state index in [1.165, 1.54) is 24.3 Å². The third kappa shape index (κ3) is 6.05. The van der Waals surface area contributed by atoms with Gasteiger partial charge in [0.15, 0.2) is 5.76 Å². The van der Waals surface area contributed by atoms with Gasteiger partial charge in [-0.15, -0.1) is 0 Å². The predicted octanol–water partition coefficient (Wildman–Crippen LogP) is 4.70. The monoisotopic (exact) mass is 480 g/mol. The molecule has 0 bridgehead atoms. The van der Waals surface area contributed by atoms with Gasteiger partial charge in [0.1, 0.15) is 11.6 Å². The zero-order chi connectivity index (χ0) is 24.9. The Morgan fingerprint density at radius 1 is 1.06 bits per heavy atom. The van der Waals surface area contributed by atoms with Gasteiger partial charge in [-0.3, -0.25) is 19.8 Å². The largest absolute Gasteiger partial charge is 0.455 e. The van der Waals surface area contributed by atoms with Crippen LogP contribution in [0.5, 0.6) is 0 Å². The van der Waals surface area contributed by atoms with Gasteiger partial charge in [-0.05, 0) is 55.8 Å². The van der Waals surface area contributed by atoms with Crippen molar-refractivity contribution >= 4 is 17.3 Å². The highest BCUT2D eigenvalue weighted by molar-refractivity contribution is 5.91. The number of rotatable bonds is 8. The van der Waals surface area contributed by atoms with Crippen molar-refractivity contribution in [1.82, 2.24) is 9.80 Å². The molecule has 1 fully saturated rings. The van der Waals surface area contributed by atoms with Gasteiger partial charge in [-0.25, -0.2) is 4.39 Å². The maximum absolute atomic E-state index is 13.6. The van der Waals surface area contributed by atoms with Crippen molar-refractivity contribution in [3.05, 3.63) is 93.7 Å². The average molecular weight is 481 g/mol. The van der Waals surface area contributed by atoms with Crippen LogP contribution in [0.25, 0.3) is 0 Å². The maximum atomic E-state index is 13.6. The SMILES string of the molecule is CC(C)N(Cc1cccc(F)c1)Cc1ccc(C(=O)N2CCN(c3ccc([N+](=O)[O-])cc3)CC2)o1. The summed E-state index contributed by atoms with van der Waals surface area (Å²) in [5.74, 6) is 0.577. The van der Waals surface area contributed by atoms with E-state index in [1.54, 1.807) is 29.2 Å². The number of hydrogen-bond acceptors (Lipinski definition) is 6. The first kappa shape index (κ1) is 24.4. The number of benzene rings is 2. The van der Waals surface area contributed by atoms with E-state index < -0.39 is 4.92 Å². The number of amides is 1. The van der Waals surface area contributed by atoms with Crippen LogP contribution < -0.4 is 4.90 Å². The molecule has 2 aromatic carbocycles. The van der Waals surface area contributed by atoms with Crippen LogP contribution in [0.15, 0.2) is 65.1 Å². The third-order valence-electron chi connectivity index (χ3n) is 6.23. The van der Waals surface area contributed by atoms with Gasteiger partial charge >= 0.3 is 0 Å². The number of non-ortho nitro benzene ring substituents is 1. The van der Waals surface area contributed by atoms with Gasteiger partial charge < -0.3 is 14.2 Å². The second kappa shape index (κ2) is 10.7. The minimum Gasteiger partial charge on any atom is -0.455 e. The van der Waals surface area contributed by atoms with E-state index in [1.807, 2.05) is 12.1 Å². The first-order valence-corrected chi connectivity index (χ1v) is 11.7. The lowest BCUT2D eigenvalue weighted by atomic mass is 10.2. The molecule has 0 atom stereocenters. The van der Waals surface area contributed by atoms with Gasteiger partial charge in [0, 0.05) is 56.6 Å². The first-order valence-electron chi connectivity index (χ1n) is 11.7. The van der Waals surface area contributed by atoms with Crippen molar-refractivity contribution in [3.8, 4) is 0 Å². The van der Waals surface area contributed by atoms with Crippen LogP contribution in [0.3, 0.4) is 0 Å². The zero-order valence-electron chi connectivity index (χ0n) is 19.9. The maximum Gasteiger partial charge on any atom is 0.289 e. The van der Waals surface area contributed by atoms with Gasteiger partial charge in [0.2, 0.25) is 0 Å². The normalized spacial score (nSPS) is 14.1.